The summed E-state index contributed by atoms with van der Waals surface area (Å²) in [5.41, 5.74) is -0.272. The van der Waals surface area contributed by atoms with Gasteiger partial charge >= 0.3 is 5.97 Å². The number of anilines is 2. The summed E-state index contributed by atoms with van der Waals surface area (Å²) in [7, 11) is 7.36. The van der Waals surface area contributed by atoms with E-state index in [2.05, 4.69) is 102 Å². The molecule has 0 amide bonds. The van der Waals surface area contributed by atoms with Gasteiger partial charge in [-0.15, -0.1) is 11.8 Å². The molecule has 6 aliphatic heterocycles. The molecule has 13 heteroatoms. The predicted octanol–water partition coefficient (Wildman–Crippen LogP) is 5.20. The van der Waals surface area contributed by atoms with Crippen molar-refractivity contribution in [1.82, 2.24) is 9.80 Å². The van der Waals surface area contributed by atoms with Crippen LogP contribution in [0.4, 0.5) is 11.4 Å². The Bertz CT molecular complexity index is 2290. The molecule has 366 valence electrons. The second kappa shape index (κ2) is 18.3. The minimum atomic E-state index is -1.62. The summed E-state index contributed by atoms with van der Waals surface area (Å²) in [6.45, 7) is 15.2. The van der Waals surface area contributed by atoms with Crippen molar-refractivity contribution in [3.63, 3.8) is 0 Å². The molecule has 0 radical (unpaired) electrons. The molecule has 4 N–H and O–H groups in total. The summed E-state index contributed by atoms with van der Waals surface area (Å²) in [6, 6.07) is 11.9. The summed E-state index contributed by atoms with van der Waals surface area (Å²) in [6.07, 6.45) is 12.1. The smallest absolute Gasteiger partial charge is 0.303 e. The van der Waals surface area contributed by atoms with E-state index in [0.717, 1.165) is 81.2 Å². The number of fused-ring (bicyclic) bond motifs is 2. The van der Waals surface area contributed by atoms with Gasteiger partial charge in [0.05, 0.1) is 45.6 Å². The summed E-state index contributed by atoms with van der Waals surface area (Å²) < 4.78 is 23.4. The second-order valence-electron chi connectivity index (χ2n) is 20.3. The number of esters is 1. The molecular formula is C54H76N4O9. The lowest BCUT2D eigenvalue weighted by Crippen LogP contribution is -2.80. The van der Waals surface area contributed by atoms with Crippen LogP contribution in [-0.4, -0.2) is 158 Å². The fourth-order valence-corrected chi connectivity index (χ4v) is 15.4. The summed E-state index contributed by atoms with van der Waals surface area (Å²) >= 11 is 0. The Labute approximate surface area is 398 Å². The average Bonchev–Trinajstić information content (AvgIpc) is 4.07. The van der Waals surface area contributed by atoms with Crippen LogP contribution in [0.1, 0.15) is 91.2 Å². The van der Waals surface area contributed by atoms with Crippen LogP contribution in [0.15, 0.2) is 60.7 Å². The molecule has 2 aromatic carbocycles. The molecule has 6 heterocycles. The molecule has 8 aliphatic rings. The van der Waals surface area contributed by atoms with Gasteiger partial charge in [0.15, 0.2) is 0 Å². The van der Waals surface area contributed by atoms with E-state index in [0.29, 0.717) is 13.0 Å². The summed E-state index contributed by atoms with van der Waals surface area (Å²) in [5.74, 6) is 6.56. The fourth-order valence-electron chi connectivity index (χ4n) is 15.4. The van der Waals surface area contributed by atoms with Crippen LogP contribution < -0.4 is 19.3 Å². The van der Waals surface area contributed by atoms with Gasteiger partial charge in [-0.25, -0.2) is 0 Å². The molecule has 0 unspecified atom stereocenters. The lowest BCUT2D eigenvalue weighted by Gasteiger charge is -2.64. The first-order chi connectivity index (χ1) is 32.1. The van der Waals surface area contributed by atoms with E-state index in [1.54, 1.807) is 14.2 Å². The molecule has 0 aromatic heterocycles. The Morgan fingerprint density at radius 2 is 1.25 bits per heavy atom. The number of benzene rings is 2. The number of aliphatic hydroxyl groups is 4. The van der Waals surface area contributed by atoms with Gasteiger partial charge in [-0.3, -0.25) is 14.6 Å². The molecule has 0 bridgehead atoms. The third-order valence-electron chi connectivity index (χ3n) is 17.7. The Hall–Kier alpha value is -4.13. The third kappa shape index (κ3) is 6.78. The van der Waals surface area contributed by atoms with Gasteiger partial charge in [0, 0.05) is 98.0 Å². The van der Waals surface area contributed by atoms with Crippen molar-refractivity contribution in [2.75, 3.05) is 84.1 Å². The van der Waals surface area contributed by atoms with E-state index in [9.17, 15) is 25.2 Å². The lowest BCUT2D eigenvalue weighted by molar-refractivity contribution is -0.233. The van der Waals surface area contributed by atoms with Crippen LogP contribution in [0.3, 0.4) is 0 Å². The van der Waals surface area contributed by atoms with Crippen LogP contribution in [0.2, 0.25) is 0 Å². The standard InChI is InChI=1S/C28H40N2O5.C22H30N2O4.C4H6/c1-6-8-16-34-18-28(32)24-27(21-11-10-20(33-5)17-22(21)29(24)4)13-15-30-14-9-12-26(7-2,23(27)30)25(28)35-19(3)31;1-4-20-8-5-10-24-11-9-21(17(20)24)15-7-6-14(28-3)12-16(15)23(2)18(21)22(27,13-25)19(20)26;1-3-4-2/h9-12,17,23-25,32H,6-8,13-16,18H2,1-5H3;5-8,12,17-19,25-27H,4,9-11,13H2,1-3H3;1-2H3/t23-,24+,25+,26+,27+,28-;17-,18+,19+,20+,21+,22-;/m00./s1. The number of unbranched alkanes of at least 4 members (excludes halogenated alkanes) is 1. The largest absolute Gasteiger partial charge is 0.497 e. The number of carbonyl (C=O) groups excluding carboxylic acids is 1. The molecule has 4 fully saturated rings. The van der Waals surface area contributed by atoms with Crippen LogP contribution >= 0.6 is 0 Å². The molecule has 2 aliphatic carbocycles. The number of likely N-dealkylation sites (N-methyl/N-ethyl adjacent to an activating group) is 2. The molecule has 2 saturated heterocycles. The molecule has 13 nitrogen and oxygen atoms in total. The van der Waals surface area contributed by atoms with Gasteiger partial charge < -0.3 is 49.2 Å². The minimum Gasteiger partial charge on any atom is -0.497 e. The molecule has 10 rings (SSSR count). The van der Waals surface area contributed by atoms with E-state index in [-0.39, 0.29) is 41.5 Å². The maximum atomic E-state index is 12.8. The number of rotatable bonds is 11. The van der Waals surface area contributed by atoms with Gasteiger partial charge in [0.1, 0.15) is 28.8 Å². The maximum Gasteiger partial charge on any atom is 0.303 e. The zero-order chi connectivity index (χ0) is 48.3. The van der Waals surface area contributed by atoms with Gasteiger partial charge in [-0.1, -0.05) is 63.6 Å². The fraction of sp³-hybridized carbons (Fsp3) is 0.648. The van der Waals surface area contributed by atoms with Crippen molar-refractivity contribution >= 4 is 17.3 Å². The van der Waals surface area contributed by atoms with Gasteiger partial charge in [-0.05, 0) is 82.3 Å². The topological polar surface area (TPSA) is 148 Å². The highest BCUT2D eigenvalue weighted by Gasteiger charge is 2.79. The molecule has 12 atom stereocenters. The highest BCUT2D eigenvalue weighted by molar-refractivity contribution is 5.72. The highest BCUT2D eigenvalue weighted by atomic mass is 16.6. The minimum absolute atomic E-state index is 0.0823. The van der Waals surface area contributed by atoms with Gasteiger partial charge in [0.2, 0.25) is 0 Å². The number of methoxy groups -OCH3 is 2. The SMILES string of the molecule is CC#CC.CCCCOC[C@@]1(O)[C@H](OC(C)=O)[C@]2(CC)C=CCN3CC[C@@]4(c5ccc(OC)cc5N(C)[C@@H]14)[C@@H]32.CC[C@]12C=CCN3CC[C@@]4(c5ccc(OC)cc5N(C)[C@H]4[C@@](O)(CO)[C@@H]1O)[C@@H]32. The lowest BCUT2D eigenvalue weighted by atomic mass is 9.48. The molecule has 2 saturated carbocycles. The molecule has 2 aromatic rings. The van der Waals surface area contributed by atoms with Crippen LogP contribution in [0, 0.1) is 22.7 Å². The Kier molecular flexibility index (Phi) is 13.5. The van der Waals surface area contributed by atoms with Crippen molar-refractivity contribution in [3.05, 3.63) is 71.8 Å². The third-order valence-corrected chi connectivity index (χ3v) is 17.7. The van der Waals surface area contributed by atoms with E-state index >= 15 is 0 Å². The zero-order valence-electron chi connectivity index (χ0n) is 41.5. The van der Waals surface area contributed by atoms with Crippen molar-refractivity contribution < 1.29 is 44.2 Å². The molecule has 2 spiro atoms. The molecular weight excluding hydrogens is 849 g/mol. The van der Waals surface area contributed by atoms with Crippen LogP contribution in [0.25, 0.3) is 0 Å². The highest BCUT2D eigenvalue weighted by Crippen LogP contribution is 2.69. The van der Waals surface area contributed by atoms with Crippen molar-refractivity contribution in [3.8, 4) is 23.3 Å². The Balaban J connectivity index is 0.000000172. The van der Waals surface area contributed by atoms with Crippen LogP contribution in [-0.2, 0) is 25.1 Å². The number of aliphatic hydroxyl groups excluding tert-OH is 2. The Morgan fingerprint density at radius 3 is 1.70 bits per heavy atom. The Morgan fingerprint density at radius 1 is 0.761 bits per heavy atom. The van der Waals surface area contributed by atoms with Gasteiger partial charge in [-0.2, -0.15) is 0 Å². The monoisotopic (exact) mass is 925 g/mol. The number of nitrogens with zero attached hydrogens (tertiary/aromatic N) is 4. The number of ether oxygens (including phenoxy) is 4. The first kappa shape index (κ1) is 49.3. The van der Waals surface area contributed by atoms with E-state index in [1.165, 1.54) is 18.1 Å². The summed E-state index contributed by atoms with van der Waals surface area (Å²) in [5, 5.41) is 46.6. The number of hydrogen-bond donors (Lipinski definition) is 4. The van der Waals surface area contributed by atoms with E-state index in [4.69, 9.17) is 18.9 Å². The number of carbonyl (C=O) groups is 1. The average molecular weight is 925 g/mol. The van der Waals surface area contributed by atoms with Crippen LogP contribution in [0.5, 0.6) is 11.5 Å². The van der Waals surface area contributed by atoms with E-state index < -0.39 is 46.9 Å². The quantitative estimate of drug-likeness (QED) is 0.101. The summed E-state index contributed by atoms with van der Waals surface area (Å²) in [4.78, 5) is 21.8. The maximum absolute atomic E-state index is 12.8. The number of hydrogen-bond acceptors (Lipinski definition) is 13. The molecule has 67 heavy (non-hydrogen) atoms. The van der Waals surface area contributed by atoms with Gasteiger partial charge in [0.25, 0.3) is 0 Å². The second-order valence-corrected chi connectivity index (χ2v) is 20.3. The normalized spacial score (nSPS) is 37.8. The predicted molar refractivity (Wildman–Crippen MR) is 261 cm³/mol. The van der Waals surface area contributed by atoms with Crippen molar-refractivity contribution in [2.45, 2.75) is 138 Å². The van der Waals surface area contributed by atoms with E-state index in [1.807, 2.05) is 39.1 Å². The van der Waals surface area contributed by atoms with Crippen molar-refractivity contribution in [1.29, 1.82) is 0 Å². The first-order valence-corrected chi connectivity index (χ1v) is 24.6. The first-order valence-electron chi connectivity index (χ1n) is 24.6. The zero-order valence-corrected chi connectivity index (χ0v) is 41.5. The van der Waals surface area contributed by atoms with Crippen molar-refractivity contribution in [2.24, 2.45) is 10.8 Å².